The molecule has 160 valence electrons. The Balaban J connectivity index is 1.91. The maximum Gasteiger partial charge on any atom is 0.344 e. The van der Waals surface area contributed by atoms with Gasteiger partial charge < -0.3 is 19.5 Å². The van der Waals surface area contributed by atoms with Gasteiger partial charge in [-0.25, -0.2) is 9.59 Å². The number of hydrogen-bond donors (Lipinski definition) is 1. The zero-order valence-electron chi connectivity index (χ0n) is 16.6. The van der Waals surface area contributed by atoms with E-state index in [4.69, 9.17) is 14.2 Å². The van der Waals surface area contributed by atoms with Gasteiger partial charge in [0.25, 0.3) is 5.91 Å². The molecule has 0 unspecified atom stereocenters. The van der Waals surface area contributed by atoms with Gasteiger partial charge in [-0.1, -0.05) is 12.1 Å². The fraction of sp³-hybridized carbons (Fsp3) is 0.316. The van der Waals surface area contributed by atoms with Crippen LogP contribution in [0, 0.1) is 24.0 Å². The van der Waals surface area contributed by atoms with Gasteiger partial charge >= 0.3 is 17.6 Å². The Bertz CT molecular complexity index is 969. The maximum absolute atomic E-state index is 12.1. The first kappa shape index (κ1) is 22.8. The SMILES string of the molecule is CCOC(=O)c1c(NC(=O)COC(=O)COc2ccccc2[N+](=O)[O-])sc(C)c1C. The van der Waals surface area contributed by atoms with Gasteiger partial charge in [0.2, 0.25) is 0 Å². The van der Waals surface area contributed by atoms with Crippen LogP contribution < -0.4 is 10.1 Å². The molecule has 0 atom stereocenters. The number of amides is 1. The number of nitro benzene ring substituents is 1. The van der Waals surface area contributed by atoms with E-state index in [1.165, 1.54) is 35.6 Å². The molecule has 1 heterocycles. The molecule has 0 spiro atoms. The molecule has 0 bridgehead atoms. The third-order valence-electron chi connectivity index (χ3n) is 3.89. The van der Waals surface area contributed by atoms with Crippen LogP contribution in [0.15, 0.2) is 24.3 Å². The number of anilines is 1. The van der Waals surface area contributed by atoms with Crippen molar-refractivity contribution in [2.24, 2.45) is 0 Å². The van der Waals surface area contributed by atoms with Crippen LogP contribution >= 0.6 is 11.3 Å². The highest BCUT2D eigenvalue weighted by molar-refractivity contribution is 7.16. The molecule has 30 heavy (non-hydrogen) atoms. The number of rotatable bonds is 9. The lowest BCUT2D eigenvalue weighted by Crippen LogP contribution is -2.24. The number of nitrogens with one attached hydrogen (secondary N) is 1. The predicted molar refractivity (Wildman–Crippen MR) is 108 cm³/mol. The first-order chi connectivity index (χ1) is 14.2. The van der Waals surface area contributed by atoms with Crippen LogP contribution in [-0.4, -0.2) is 42.6 Å². The quantitative estimate of drug-likeness (QED) is 0.360. The molecule has 2 rings (SSSR count). The van der Waals surface area contributed by atoms with Crippen LogP contribution in [0.1, 0.15) is 27.7 Å². The summed E-state index contributed by atoms with van der Waals surface area (Å²) in [6.45, 7) is 4.20. The van der Waals surface area contributed by atoms with Gasteiger partial charge in [0.1, 0.15) is 5.00 Å². The number of nitrogens with zero attached hydrogens (tertiary/aromatic N) is 1. The zero-order chi connectivity index (χ0) is 22.3. The minimum absolute atomic E-state index is 0.0903. The van der Waals surface area contributed by atoms with Gasteiger partial charge in [-0.3, -0.25) is 14.9 Å². The average Bonchev–Trinajstić information content (AvgIpc) is 2.98. The minimum atomic E-state index is -0.882. The zero-order valence-corrected chi connectivity index (χ0v) is 17.4. The molecule has 0 saturated heterocycles. The lowest BCUT2D eigenvalue weighted by atomic mass is 10.1. The van der Waals surface area contributed by atoms with Crippen molar-refractivity contribution in [2.75, 3.05) is 25.1 Å². The Morgan fingerprint density at radius 1 is 1.13 bits per heavy atom. The van der Waals surface area contributed by atoms with Gasteiger partial charge in [-0.2, -0.15) is 0 Å². The first-order valence-corrected chi connectivity index (χ1v) is 9.65. The fourth-order valence-electron chi connectivity index (χ4n) is 2.38. The van der Waals surface area contributed by atoms with Crippen molar-refractivity contribution in [2.45, 2.75) is 20.8 Å². The van der Waals surface area contributed by atoms with Gasteiger partial charge in [-0.15, -0.1) is 11.3 Å². The molecule has 11 heteroatoms. The van der Waals surface area contributed by atoms with E-state index in [2.05, 4.69) is 5.32 Å². The summed E-state index contributed by atoms with van der Waals surface area (Å²) in [5.74, 6) is -2.18. The molecule has 1 aromatic heterocycles. The molecule has 0 aliphatic heterocycles. The van der Waals surface area contributed by atoms with E-state index in [9.17, 15) is 24.5 Å². The number of carbonyl (C=O) groups is 3. The summed E-state index contributed by atoms with van der Waals surface area (Å²) in [4.78, 5) is 47.2. The van der Waals surface area contributed by atoms with Crippen molar-refractivity contribution in [1.82, 2.24) is 0 Å². The van der Waals surface area contributed by atoms with Crippen molar-refractivity contribution < 1.29 is 33.5 Å². The number of nitro groups is 1. The summed E-state index contributed by atoms with van der Waals surface area (Å²) in [5.41, 5.74) is 0.667. The topological polar surface area (TPSA) is 134 Å². The first-order valence-electron chi connectivity index (χ1n) is 8.83. The summed E-state index contributed by atoms with van der Waals surface area (Å²) in [7, 11) is 0. The lowest BCUT2D eigenvalue weighted by molar-refractivity contribution is -0.385. The van der Waals surface area contributed by atoms with E-state index in [1.54, 1.807) is 20.8 Å². The second kappa shape index (κ2) is 10.3. The maximum atomic E-state index is 12.1. The van der Waals surface area contributed by atoms with Gasteiger partial charge in [0, 0.05) is 10.9 Å². The number of thiophene rings is 1. The second-order valence-electron chi connectivity index (χ2n) is 5.93. The number of ether oxygens (including phenoxy) is 3. The molecule has 0 aliphatic carbocycles. The van der Waals surface area contributed by atoms with Gasteiger partial charge in [0.05, 0.1) is 17.1 Å². The molecule has 1 amide bonds. The van der Waals surface area contributed by atoms with Crippen molar-refractivity contribution in [3.8, 4) is 5.75 Å². The van der Waals surface area contributed by atoms with E-state index in [0.29, 0.717) is 10.6 Å². The van der Waals surface area contributed by atoms with Crippen LogP contribution in [-0.2, 0) is 19.1 Å². The summed E-state index contributed by atoms with van der Waals surface area (Å²) in [5, 5.41) is 13.8. The third kappa shape index (κ3) is 5.77. The number of benzene rings is 1. The summed E-state index contributed by atoms with van der Waals surface area (Å²) in [6, 6.07) is 5.57. The molecule has 0 saturated carbocycles. The molecule has 1 N–H and O–H groups in total. The molecule has 0 aliphatic rings. The molecule has 1 aromatic carbocycles. The fourth-order valence-corrected chi connectivity index (χ4v) is 3.45. The number of esters is 2. The summed E-state index contributed by atoms with van der Waals surface area (Å²) < 4.78 is 14.9. The van der Waals surface area contributed by atoms with E-state index in [0.717, 1.165) is 4.88 Å². The van der Waals surface area contributed by atoms with Crippen LogP contribution in [0.4, 0.5) is 10.7 Å². The van der Waals surface area contributed by atoms with Crippen LogP contribution in [0.25, 0.3) is 0 Å². The predicted octanol–water partition coefficient (Wildman–Crippen LogP) is 3.01. The van der Waals surface area contributed by atoms with Crippen LogP contribution in [0.3, 0.4) is 0 Å². The second-order valence-corrected chi connectivity index (χ2v) is 7.15. The Morgan fingerprint density at radius 3 is 2.50 bits per heavy atom. The Labute approximate surface area is 175 Å². The molecule has 10 nitrogen and oxygen atoms in total. The lowest BCUT2D eigenvalue weighted by Gasteiger charge is -2.09. The smallest absolute Gasteiger partial charge is 0.344 e. The number of aryl methyl sites for hydroxylation is 1. The molecular formula is C19H20N2O8S. The number of carbonyl (C=O) groups excluding carboxylic acids is 3. The van der Waals surface area contributed by atoms with E-state index in [-0.39, 0.29) is 23.6 Å². The Kier molecular flexibility index (Phi) is 7.87. The molecular weight excluding hydrogens is 416 g/mol. The highest BCUT2D eigenvalue weighted by atomic mass is 32.1. The van der Waals surface area contributed by atoms with Crippen LogP contribution in [0.5, 0.6) is 5.75 Å². The van der Waals surface area contributed by atoms with E-state index < -0.39 is 36.0 Å². The van der Waals surface area contributed by atoms with Crippen LogP contribution in [0.2, 0.25) is 0 Å². The standard InChI is InChI=1S/C19H20N2O8S/c1-4-27-19(24)17-11(2)12(3)30-18(17)20-15(22)9-29-16(23)10-28-14-8-6-5-7-13(14)21(25)26/h5-8H,4,9-10H2,1-3H3,(H,20,22). The summed E-state index contributed by atoms with van der Waals surface area (Å²) >= 11 is 1.21. The van der Waals surface area contributed by atoms with Crippen molar-refractivity contribution >= 4 is 39.9 Å². The van der Waals surface area contributed by atoms with Gasteiger partial charge in [0.15, 0.2) is 19.0 Å². The molecule has 0 radical (unpaired) electrons. The van der Waals surface area contributed by atoms with Crippen molar-refractivity contribution in [3.63, 3.8) is 0 Å². The Morgan fingerprint density at radius 2 is 1.83 bits per heavy atom. The monoisotopic (exact) mass is 436 g/mol. The average molecular weight is 436 g/mol. The van der Waals surface area contributed by atoms with Gasteiger partial charge in [-0.05, 0) is 32.4 Å². The largest absolute Gasteiger partial charge is 0.475 e. The minimum Gasteiger partial charge on any atom is -0.475 e. The van der Waals surface area contributed by atoms with Crippen molar-refractivity contribution in [1.29, 1.82) is 0 Å². The normalized spacial score (nSPS) is 10.2. The van der Waals surface area contributed by atoms with E-state index >= 15 is 0 Å². The highest BCUT2D eigenvalue weighted by Crippen LogP contribution is 2.33. The summed E-state index contributed by atoms with van der Waals surface area (Å²) in [6.07, 6.45) is 0. The third-order valence-corrected chi connectivity index (χ3v) is 5.01. The van der Waals surface area contributed by atoms with Crippen molar-refractivity contribution in [3.05, 3.63) is 50.4 Å². The molecule has 2 aromatic rings. The molecule has 0 fully saturated rings. The highest BCUT2D eigenvalue weighted by Gasteiger charge is 2.22. The number of hydrogen-bond acceptors (Lipinski definition) is 9. The van der Waals surface area contributed by atoms with E-state index in [1.807, 2.05) is 0 Å². The Hall–Kier alpha value is -3.47. The number of para-hydroxylation sites is 2.